The highest BCUT2D eigenvalue weighted by Crippen LogP contribution is 2.38. The molecule has 7 heteroatoms. The lowest BCUT2D eigenvalue weighted by Crippen LogP contribution is -2.17. The van der Waals surface area contributed by atoms with Gasteiger partial charge in [-0.1, -0.05) is 62.4 Å². The number of hydrogen-bond donors (Lipinski definition) is 0. The van der Waals surface area contributed by atoms with E-state index in [1.165, 1.54) is 22.9 Å². The van der Waals surface area contributed by atoms with E-state index in [-0.39, 0.29) is 7.92 Å². The fourth-order valence-corrected chi connectivity index (χ4v) is 7.58. The van der Waals surface area contributed by atoms with Gasteiger partial charge >= 0.3 is 8.25 Å². The molecule has 0 saturated heterocycles. The summed E-state index contributed by atoms with van der Waals surface area (Å²) in [7, 11) is -1.39. The SMILES string of the molecule is CCP(CC)CCO[PH](=O)OCCP(c1ccccc1)c1ccccc1OC. The Morgan fingerprint density at radius 2 is 1.46 bits per heavy atom. The molecule has 0 aromatic heterocycles. The van der Waals surface area contributed by atoms with Crippen LogP contribution < -0.4 is 15.3 Å². The summed E-state index contributed by atoms with van der Waals surface area (Å²) in [5, 5.41) is 2.43. The molecule has 0 saturated carbocycles. The zero-order valence-electron chi connectivity index (χ0n) is 17.0. The predicted octanol–water partition coefficient (Wildman–Crippen LogP) is 5.07. The number of hydrogen-bond acceptors (Lipinski definition) is 4. The first-order chi connectivity index (χ1) is 13.7. The highest BCUT2D eigenvalue weighted by molar-refractivity contribution is 7.73. The standard InChI is InChI=1S/C21H31O4P3/c1-4-26(5-2)17-15-24-28(22)25-16-18-27(19-11-7-6-8-12-19)21-14-10-9-13-20(21)23-3/h6-14,28H,4-5,15-18H2,1-3H3. The van der Waals surface area contributed by atoms with Crippen LogP contribution in [-0.4, -0.2) is 45.0 Å². The number of methoxy groups -OCH3 is 1. The Morgan fingerprint density at radius 1 is 0.857 bits per heavy atom. The third-order valence-corrected chi connectivity index (χ3v) is 10.5. The van der Waals surface area contributed by atoms with E-state index in [1.807, 2.05) is 36.4 Å². The molecule has 2 unspecified atom stereocenters. The summed E-state index contributed by atoms with van der Waals surface area (Å²) in [6.45, 7) is 5.36. The van der Waals surface area contributed by atoms with E-state index in [1.54, 1.807) is 7.11 Å². The van der Waals surface area contributed by atoms with Gasteiger partial charge < -0.3 is 13.8 Å². The van der Waals surface area contributed by atoms with E-state index in [0.717, 1.165) is 18.1 Å². The van der Waals surface area contributed by atoms with Crippen molar-refractivity contribution in [1.29, 1.82) is 0 Å². The van der Waals surface area contributed by atoms with E-state index < -0.39 is 16.2 Å². The van der Waals surface area contributed by atoms with E-state index in [2.05, 4.69) is 32.0 Å². The Kier molecular flexibility index (Phi) is 11.3. The summed E-state index contributed by atoms with van der Waals surface area (Å²) in [6, 6.07) is 18.5. The van der Waals surface area contributed by atoms with Gasteiger partial charge in [-0.25, -0.2) is 0 Å². The van der Waals surface area contributed by atoms with Crippen LogP contribution in [0.4, 0.5) is 0 Å². The zero-order valence-corrected chi connectivity index (χ0v) is 19.8. The first-order valence-corrected chi connectivity index (χ1v) is 14.3. The molecule has 4 nitrogen and oxygen atoms in total. The molecule has 0 aliphatic carbocycles. The molecular formula is C21H31O4P3. The van der Waals surface area contributed by atoms with Crippen LogP contribution in [0.1, 0.15) is 13.8 Å². The third-order valence-electron chi connectivity index (χ3n) is 4.50. The maximum absolute atomic E-state index is 12.1. The molecule has 0 aliphatic rings. The summed E-state index contributed by atoms with van der Waals surface area (Å²) in [5.74, 6) is 0.883. The third kappa shape index (κ3) is 7.58. The second kappa shape index (κ2) is 13.5. The smallest absolute Gasteiger partial charge is 0.319 e. The second-order valence-corrected chi connectivity index (χ2v) is 12.6. The van der Waals surface area contributed by atoms with Crippen molar-refractivity contribution in [2.24, 2.45) is 0 Å². The number of benzene rings is 2. The Balaban J connectivity index is 1.94. The summed E-state index contributed by atoms with van der Waals surface area (Å²) < 4.78 is 28.7. The molecule has 2 atom stereocenters. The van der Waals surface area contributed by atoms with Crippen molar-refractivity contribution in [2.45, 2.75) is 13.8 Å². The molecular weight excluding hydrogens is 409 g/mol. The number of ether oxygens (including phenoxy) is 1. The number of rotatable bonds is 13. The van der Waals surface area contributed by atoms with Gasteiger partial charge in [0.05, 0.1) is 20.3 Å². The summed E-state index contributed by atoms with van der Waals surface area (Å²) in [5.41, 5.74) is 0. The molecule has 2 aromatic carbocycles. The van der Waals surface area contributed by atoms with Crippen molar-refractivity contribution in [2.75, 3.05) is 45.0 Å². The van der Waals surface area contributed by atoms with Crippen LogP contribution in [0.3, 0.4) is 0 Å². The lowest BCUT2D eigenvalue weighted by atomic mass is 10.3. The fraction of sp³-hybridized carbons (Fsp3) is 0.429. The number of para-hydroxylation sites is 1. The van der Waals surface area contributed by atoms with Crippen molar-refractivity contribution in [3.8, 4) is 5.75 Å². The first-order valence-electron chi connectivity index (χ1n) is 9.67. The van der Waals surface area contributed by atoms with Gasteiger partial charge in [0.15, 0.2) is 0 Å². The highest BCUT2D eigenvalue weighted by Gasteiger charge is 2.18. The maximum Gasteiger partial charge on any atom is 0.319 e. The van der Waals surface area contributed by atoms with Crippen LogP contribution in [0.2, 0.25) is 0 Å². The average Bonchev–Trinajstić information content (AvgIpc) is 2.75. The summed E-state index contributed by atoms with van der Waals surface area (Å²) in [6.07, 6.45) is 4.16. The maximum atomic E-state index is 12.1. The van der Waals surface area contributed by atoms with E-state index >= 15 is 0 Å². The van der Waals surface area contributed by atoms with Crippen molar-refractivity contribution >= 4 is 34.7 Å². The molecule has 0 aliphatic heterocycles. The Bertz CT molecular complexity index is 708. The van der Waals surface area contributed by atoms with Gasteiger partial charge in [0.2, 0.25) is 0 Å². The minimum absolute atomic E-state index is 0.00980. The minimum Gasteiger partial charge on any atom is -0.496 e. The summed E-state index contributed by atoms with van der Waals surface area (Å²) in [4.78, 5) is 0. The monoisotopic (exact) mass is 440 g/mol. The van der Waals surface area contributed by atoms with Gasteiger partial charge in [-0.15, -0.1) is 7.92 Å². The predicted molar refractivity (Wildman–Crippen MR) is 124 cm³/mol. The topological polar surface area (TPSA) is 44.8 Å². The lowest BCUT2D eigenvalue weighted by molar-refractivity contribution is 0.245. The van der Waals surface area contributed by atoms with Crippen LogP contribution in [-0.2, 0) is 13.6 Å². The van der Waals surface area contributed by atoms with E-state index in [0.29, 0.717) is 13.2 Å². The molecule has 0 N–H and O–H groups in total. The van der Waals surface area contributed by atoms with Crippen molar-refractivity contribution in [3.63, 3.8) is 0 Å². The molecule has 0 radical (unpaired) electrons. The highest BCUT2D eigenvalue weighted by atomic mass is 31.1. The molecule has 28 heavy (non-hydrogen) atoms. The minimum atomic E-state index is -2.44. The van der Waals surface area contributed by atoms with Gasteiger partial charge in [0.1, 0.15) is 5.75 Å². The molecule has 2 aromatic rings. The van der Waals surface area contributed by atoms with Crippen LogP contribution in [0, 0.1) is 0 Å². The largest absolute Gasteiger partial charge is 0.496 e. The van der Waals surface area contributed by atoms with E-state index in [4.69, 9.17) is 13.8 Å². The molecule has 2 rings (SSSR count). The van der Waals surface area contributed by atoms with Gasteiger partial charge in [-0.05, 0) is 43.9 Å². The second-order valence-electron chi connectivity index (χ2n) is 6.13. The lowest BCUT2D eigenvalue weighted by Gasteiger charge is -2.21. The van der Waals surface area contributed by atoms with Gasteiger partial charge in [0.25, 0.3) is 0 Å². The molecule has 0 spiro atoms. The van der Waals surface area contributed by atoms with Gasteiger partial charge in [0, 0.05) is 5.30 Å². The summed E-state index contributed by atoms with van der Waals surface area (Å²) >= 11 is 0. The first kappa shape index (κ1) is 23.5. The average molecular weight is 440 g/mol. The Labute approximate surface area is 172 Å². The molecule has 154 valence electrons. The normalized spacial score (nSPS) is 13.4. The van der Waals surface area contributed by atoms with Crippen molar-refractivity contribution < 1.29 is 18.3 Å². The zero-order chi connectivity index (χ0) is 20.2. The quantitative estimate of drug-likeness (QED) is 0.408. The molecule has 0 fully saturated rings. The molecule has 0 heterocycles. The molecule has 0 bridgehead atoms. The van der Waals surface area contributed by atoms with Crippen LogP contribution in [0.25, 0.3) is 0 Å². The van der Waals surface area contributed by atoms with Crippen molar-refractivity contribution in [1.82, 2.24) is 0 Å². The Hall–Kier alpha value is -0.750. The van der Waals surface area contributed by atoms with Crippen LogP contribution in [0.5, 0.6) is 5.75 Å². The van der Waals surface area contributed by atoms with E-state index in [9.17, 15) is 4.57 Å². The van der Waals surface area contributed by atoms with Crippen LogP contribution in [0.15, 0.2) is 54.6 Å². The Morgan fingerprint density at radius 3 is 2.11 bits per heavy atom. The van der Waals surface area contributed by atoms with Crippen molar-refractivity contribution in [3.05, 3.63) is 54.6 Å². The molecule has 0 amide bonds. The van der Waals surface area contributed by atoms with Gasteiger partial charge in [-0.3, -0.25) is 4.57 Å². The van der Waals surface area contributed by atoms with Gasteiger partial charge in [-0.2, -0.15) is 0 Å². The van der Waals surface area contributed by atoms with Crippen LogP contribution >= 0.6 is 24.1 Å². The fourth-order valence-electron chi connectivity index (χ4n) is 2.91.